The quantitative estimate of drug-likeness (QED) is 0.395. The fourth-order valence-corrected chi connectivity index (χ4v) is 5.42. The average Bonchev–Trinajstić information content (AvgIpc) is 3.49. The van der Waals surface area contributed by atoms with Gasteiger partial charge in [-0.15, -0.1) is 10.2 Å². The van der Waals surface area contributed by atoms with Crippen molar-refractivity contribution in [1.29, 1.82) is 0 Å². The maximum Gasteiger partial charge on any atom is 0.259 e. The maximum absolute atomic E-state index is 13.5. The highest BCUT2D eigenvalue weighted by Crippen LogP contribution is 2.47. The molecular formula is C27H28F2N8O2. The molecular weight excluding hydrogens is 506 g/mol. The van der Waals surface area contributed by atoms with E-state index in [0.717, 1.165) is 48.3 Å². The molecule has 1 N–H and O–H groups in total. The van der Waals surface area contributed by atoms with Gasteiger partial charge in [-0.25, -0.2) is 13.3 Å². The fraction of sp³-hybridized carbons (Fsp3) is 0.444. The molecule has 1 saturated heterocycles. The summed E-state index contributed by atoms with van der Waals surface area (Å²) in [6, 6.07) is 7.46. The lowest BCUT2D eigenvalue weighted by Crippen LogP contribution is -2.38. The van der Waals surface area contributed by atoms with Crippen molar-refractivity contribution in [3.05, 3.63) is 53.3 Å². The van der Waals surface area contributed by atoms with Crippen molar-refractivity contribution in [2.45, 2.75) is 50.5 Å². The predicted octanol–water partition coefficient (Wildman–Crippen LogP) is 4.23. The van der Waals surface area contributed by atoms with Gasteiger partial charge in [0.25, 0.3) is 11.8 Å². The van der Waals surface area contributed by atoms with E-state index in [1.54, 1.807) is 10.7 Å². The minimum absolute atomic E-state index is 0.273. The number of rotatable bonds is 6. The number of benzene rings is 1. The molecule has 4 heterocycles. The molecule has 10 nitrogen and oxygen atoms in total. The molecule has 0 atom stereocenters. The van der Waals surface area contributed by atoms with Gasteiger partial charge in [0.15, 0.2) is 0 Å². The third-order valence-electron chi connectivity index (χ3n) is 7.85. The van der Waals surface area contributed by atoms with E-state index in [4.69, 9.17) is 4.74 Å². The van der Waals surface area contributed by atoms with Crippen molar-refractivity contribution in [2.24, 2.45) is 0 Å². The normalized spacial score (nSPS) is 19.3. The van der Waals surface area contributed by atoms with Gasteiger partial charge in [-0.05, 0) is 60.2 Å². The third-order valence-corrected chi connectivity index (χ3v) is 7.85. The Labute approximate surface area is 222 Å². The first kappa shape index (κ1) is 24.1. The Hall–Kier alpha value is -3.93. The van der Waals surface area contributed by atoms with E-state index >= 15 is 0 Å². The second-order valence-corrected chi connectivity index (χ2v) is 10.7. The molecule has 1 aliphatic heterocycles. The first-order valence-electron chi connectivity index (χ1n) is 13.3. The predicted molar refractivity (Wildman–Crippen MR) is 139 cm³/mol. The SMILES string of the molecule is Cc1cc(C2CC2)c(-c2nnn(C3CC(F)(F)C3)n2)cc1NC(=O)c1cnn2ccc(N3CCOCC3)cc12. The van der Waals surface area contributed by atoms with Crippen LogP contribution in [0.5, 0.6) is 0 Å². The number of ether oxygens (including phenoxy) is 1. The first-order valence-corrected chi connectivity index (χ1v) is 13.3. The average molecular weight is 535 g/mol. The summed E-state index contributed by atoms with van der Waals surface area (Å²) in [6.07, 6.45) is 5.01. The highest BCUT2D eigenvalue weighted by atomic mass is 19.3. The molecule has 1 aromatic carbocycles. The van der Waals surface area contributed by atoms with Gasteiger partial charge in [-0.2, -0.15) is 9.90 Å². The van der Waals surface area contributed by atoms with Crippen molar-refractivity contribution >= 4 is 22.8 Å². The van der Waals surface area contributed by atoms with Crippen LogP contribution in [0.2, 0.25) is 0 Å². The number of morpholine rings is 1. The zero-order valence-corrected chi connectivity index (χ0v) is 21.5. The summed E-state index contributed by atoms with van der Waals surface area (Å²) in [5, 5.41) is 20.2. The van der Waals surface area contributed by atoms with E-state index in [2.05, 4.69) is 36.8 Å². The van der Waals surface area contributed by atoms with Gasteiger partial charge < -0.3 is 15.0 Å². The molecule has 3 aliphatic rings. The Kier molecular flexibility index (Phi) is 5.62. The van der Waals surface area contributed by atoms with Crippen molar-refractivity contribution in [3.63, 3.8) is 0 Å². The number of nitrogens with one attached hydrogen (secondary N) is 1. The summed E-state index contributed by atoms with van der Waals surface area (Å²) >= 11 is 0. The Bertz CT molecular complexity index is 1560. The van der Waals surface area contributed by atoms with Crippen LogP contribution in [0, 0.1) is 6.92 Å². The second-order valence-electron chi connectivity index (χ2n) is 10.7. The Morgan fingerprint density at radius 3 is 2.69 bits per heavy atom. The van der Waals surface area contributed by atoms with E-state index in [1.807, 2.05) is 31.3 Å². The summed E-state index contributed by atoms with van der Waals surface area (Å²) in [6.45, 7) is 4.89. The van der Waals surface area contributed by atoms with Crippen LogP contribution >= 0.6 is 0 Å². The molecule has 0 bridgehead atoms. The summed E-state index contributed by atoms with van der Waals surface area (Å²) in [5.74, 6) is -2.17. The van der Waals surface area contributed by atoms with Crippen LogP contribution in [-0.4, -0.2) is 68.0 Å². The number of fused-ring (bicyclic) bond motifs is 1. The smallest absolute Gasteiger partial charge is 0.259 e. The van der Waals surface area contributed by atoms with Crippen LogP contribution in [0.15, 0.2) is 36.7 Å². The minimum atomic E-state index is -2.67. The monoisotopic (exact) mass is 534 g/mol. The number of amides is 1. The molecule has 2 aliphatic carbocycles. The zero-order valence-electron chi connectivity index (χ0n) is 21.5. The molecule has 0 spiro atoms. The minimum Gasteiger partial charge on any atom is -0.378 e. The number of anilines is 2. The number of pyridine rings is 1. The number of aryl methyl sites for hydroxylation is 1. The van der Waals surface area contributed by atoms with Gasteiger partial charge in [-0.1, -0.05) is 6.07 Å². The number of hydrogen-bond donors (Lipinski definition) is 1. The lowest BCUT2D eigenvalue weighted by atomic mass is 9.89. The topological polar surface area (TPSA) is 102 Å². The second kappa shape index (κ2) is 9.08. The molecule has 7 rings (SSSR count). The van der Waals surface area contributed by atoms with E-state index in [-0.39, 0.29) is 18.7 Å². The van der Waals surface area contributed by atoms with Crippen LogP contribution in [0.25, 0.3) is 16.9 Å². The van der Waals surface area contributed by atoms with Crippen LogP contribution < -0.4 is 10.2 Å². The molecule has 202 valence electrons. The lowest BCUT2D eigenvalue weighted by molar-refractivity contribution is -0.110. The number of hydrogen-bond acceptors (Lipinski definition) is 7. The molecule has 0 unspecified atom stereocenters. The number of halogens is 2. The van der Waals surface area contributed by atoms with Crippen LogP contribution in [0.3, 0.4) is 0 Å². The van der Waals surface area contributed by atoms with Crippen LogP contribution in [0.1, 0.15) is 59.1 Å². The van der Waals surface area contributed by atoms with E-state index in [9.17, 15) is 13.6 Å². The largest absolute Gasteiger partial charge is 0.378 e. The molecule has 2 saturated carbocycles. The number of aromatic nitrogens is 6. The number of nitrogens with zero attached hydrogens (tertiary/aromatic N) is 7. The number of tetrazole rings is 1. The van der Waals surface area contributed by atoms with Crippen molar-refractivity contribution in [3.8, 4) is 11.4 Å². The molecule has 39 heavy (non-hydrogen) atoms. The summed E-state index contributed by atoms with van der Waals surface area (Å²) in [7, 11) is 0. The van der Waals surface area contributed by atoms with Crippen LogP contribution in [-0.2, 0) is 4.74 Å². The van der Waals surface area contributed by atoms with Gasteiger partial charge in [0.05, 0.1) is 36.5 Å². The summed E-state index contributed by atoms with van der Waals surface area (Å²) < 4.78 is 33.9. The van der Waals surface area contributed by atoms with Gasteiger partial charge in [0, 0.05) is 49.1 Å². The Morgan fingerprint density at radius 1 is 1.15 bits per heavy atom. The molecule has 3 aromatic heterocycles. The third kappa shape index (κ3) is 4.52. The first-order chi connectivity index (χ1) is 18.8. The highest BCUT2D eigenvalue weighted by molar-refractivity contribution is 6.09. The van der Waals surface area contributed by atoms with E-state index in [1.165, 1.54) is 4.80 Å². The Morgan fingerprint density at radius 2 is 1.95 bits per heavy atom. The number of alkyl halides is 2. The number of carbonyl (C=O) groups excluding carboxylic acids is 1. The van der Waals surface area contributed by atoms with Gasteiger partial charge in [-0.3, -0.25) is 4.79 Å². The van der Waals surface area contributed by atoms with Crippen LogP contribution in [0.4, 0.5) is 20.2 Å². The molecule has 0 radical (unpaired) electrons. The molecule has 3 fully saturated rings. The van der Waals surface area contributed by atoms with E-state index in [0.29, 0.717) is 41.7 Å². The number of carbonyl (C=O) groups is 1. The van der Waals surface area contributed by atoms with Crippen molar-refractivity contribution in [2.75, 3.05) is 36.5 Å². The maximum atomic E-state index is 13.5. The van der Waals surface area contributed by atoms with Gasteiger partial charge in [0.1, 0.15) is 0 Å². The van der Waals surface area contributed by atoms with Crippen molar-refractivity contribution < 1.29 is 18.3 Å². The fourth-order valence-electron chi connectivity index (χ4n) is 5.42. The summed E-state index contributed by atoms with van der Waals surface area (Å²) in [5.41, 5.74) is 5.62. The van der Waals surface area contributed by atoms with E-state index < -0.39 is 12.0 Å². The summed E-state index contributed by atoms with van der Waals surface area (Å²) in [4.78, 5) is 17.0. The standard InChI is InChI=1S/C27H28F2N8O2/c1-16-10-20(17-2-3-17)21(25-32-34-37(33-25)19-13-27(28,29)14-19)12-23(16)31-26(38)22-15-30-36-5-4-18(11-24(22)36)35-6-8-39-9-7-35/h4-5,10-12,15,17,19H,2-3,6-9,13-14H2,1H3,(H,31,38). The van der Waals surface area contributed by atoms with Gasteiger partial charge in [0.2, 0.25) is 5.82 Å². The molecule has 4 aromatic rings. The highest BCUT2D eigenvalue weighted by Gasteiger charge is 2.47. The zero-order chi connectivity index (χ0) is 26.7. The van der Waals surface area contributed by atoms with Crippen molar-refractivity contribution in [1.82, 2.24) is 29.8 Å². The molecule has 1 amide bonds. The van der Waals surface area contributed by atoms with Gasteiger partial charge >= 0.3 is 0 Å². The Balaban J connectivity index is 1.18. The molecule has 12 heteroatoms. The lowest BCUT2D eigenvalue weighted by Gasteiger charge is -2.33.